The number of hydrogen-bond donors (Lipinski definition) is 1. The Hall–Kier alpha value is -2.62. The number of benzene rings is 2. The Balaban J connectivity index is 1.55. The number of rotatable bonds is 6. The molecule has 1 amide bonds. The fourth-order valence-electron chi connectivity index (χ4n) is 2.76. The Bertz CT molecular complexity index is 709. The van der Waals surface area contributed by atoms with Gasteiger partial charge in [-0.15, -0.1) is 0 Å². The summed E-state index contributed by atoms with van der Waals surface area (Å²) in [5.74, 6) is 0.0438. The van der Waals surface area contributed by atoms with Crippen LogP contribution in [0.25, 0.3) is 0 Å². The van der Waals surface area contributed by atoms with Crippen LogP contribution in [0.5, 0.6) is 0 Å². The summed E-state index contributed by atoms with van der Waals surface area (Å²) in [6, 6.07) is 16.9. The monoisotopic (exact) mass is 323 g/mol. The maximum absolute atomic E-state index is 12.3. The summed E-state index contributed by atoms with van der Waals surface area (Å²) in [4.78, 5) is 24.1. The lowest BCUT2D eigenvalue weighted by Crippen LogP contribution is -2.14. The highest BCUT2D eigenvalue weighted by atomic mass is 16.5. The Kier molecular flexibility index (Phi) is 4.94. The first-order valence-electron chi connectivity index (χ1n) is 8.32. The predicted molar refractivity (Wildman–Crippen MR) is 92.9 cm³/mol. The van der Waals surface area contributed by atoms with Crippen LogP contribution in [-0.2, 0) is 9.53 Å². The molecule has 124 valence electrons. The van der Waals surface area contributed by atoms with E-state index in [0.29, 0.717) is 23.8 Å². The summed E-state index contributed by atoms with van der Waals surface area (Å²) in [5, 5.41) is 2.92. The van der Waals surface area contributed by atoms with Gasteiger partial charge in [-0.05, 0) is 48.6 Å². The van der Waals surface area contributed by atoms with Crippen molar-refractivity contribution < 1.29 is 14.3 Å². The van der Waals surface area contributed by atoms with Crippen molar-refractivity contribution in [2.24, 2.45) is 5.92 Å². The summed E-state index contributed by atoms with van der Waals surface area (Å²) in [5.41, 5.74) is 2.41. The number of esters is 1. The van der Waals surface area contributed by atoms with Gasteiger partial charge in [-0.1, -0.05) is 37.3 Å². The minimum atomic E-state index is -0.332. The van der Waals surface area contributed by atoms with Crippen LogP contribution >= 0.6 is 0 Å². The van der Waals surface area contributed by atoms with Gasteiger partial charge in [-0.2, -0.15) is 0 Å². The van der Waals surface area contributed by atoms with E-state index < -0.39 is 0 Å². The lowest BCUT2D eigenvalue weighted by molar-refractivity contribution is -0.117. The molecule has 24 heavy (non-hydrogen) atoms. The highest BCUT2D eigenvalue weighted by molar-refractivity contribution is 5.96. The number of ether oxygens (including phenoxy) is 1. The Morgan fingerprint density at radius 3 is 2.46 bits per heavy atom. The Labute approximate surface area is 141 Å². The number of carbonyl (C=O) groups is 2. The van der Waals surface area contributed by atoms with Crippen molar-refractivity contribution >= 4 is 17.6 Å². The molecule has 0 aromatic heterocycles. The third-order valence-corrected chi connectivity index (χ3v) is 4.18. The van der Waals surface area contributed by atoms with E-state index in [1.165, 1.54) is 5.56 Å². The fourth-order valence-corrected chi connectivity index (χ4v) is 2.76. The van der Waals surface area contributed by atoms with E-state index in [4.69, 9.17) is 4.74 Å². The van der Waals surface area contributed by atoms with Crippen molar-refractivity contribution in [3.8, 4) is 0 Å². The van der Waals surface area contributed by atoms with Crippen LogP contribution in [0.4, 0.5) is 5.69 Å². The number of amides is 1. The van der Waals surface area contributed by atoms with Gasteiger partial charge < -0.3 is 10.1 Å². The highest BCUT2D eigenvalue weighted by Gasteiger charge is 2.43. The Morgan fingerprint density at radius 1 is 1.08 bits per heavy atom. The average molecular weight is 323 g/mol. The van der Waals surface area contributed by atoms with Crippen molar-refractivity contribution in [2.45, 2.75) is 25.7 Å². The van der Waals surface area contributed by atoms with E-state index in [1.54, 1.807) is 24.3 Å². The van der Waals surface area contributed by atoms with Gasteiger partial charge in [-0.3, -0.25) is 4.79 Å². The predicted octanol–water partition coefficient (Wildman–Crippen LogP) is 4.00. The second kappa shape index (κ2) is 7.30. The van der Waals surface area contributed by atoms with Gasteiger partial charge in [-0.25, -0.2) is 4.79 Å². The quantitative estimate of drug-likeness (QED) is 0.818. The lowest BCUT2D eigenvalue weighted by Gasteiger charge is -2.07. The average Bonchev–Trinajstić information content (AvgIpc) is 3.42. The largest absolute Gasteiger partial charge is 0.462 e. The zero-order chi connectivity index (χ0) is 16.9. The molecule has 0 radical (unpaired) electrons. The van der Waals surface area contributed by atoms with Crippen molar-refractivity contribution in [3.05, 3.63) is 65.7 Å². The molecule has 0 saturated heterocycles. The number of carbonyl (C=O) groups excluding carboxylic acids is 2. The Morgan fingerprint density at radius 2 is 1.79 bits per heavy atom. The highest BCUT2D eigenvalue weighted by Crippen LogP contribution is 2.47. The zero-order valence-corrected chi connectivity index (χ0v) is 13.7. The third kappa shape index (κ3) is 3.82. The maximum Gasteiger partial charge on any atom is 0.338 e. The molecule has 0 heterocycles. The molecule has 0 spiro atoms. The van der Waals surface area contributed by atoms with Crippen LogP contribution in [0.1, 0.15) is 41.6 Å². The van der Waals surface area contributed by atoms with Crippen molar-refractivity contribution in [2.75, 3.05) is 11.9 Å². The fraction of sp³-hybridized carbons (Fsp3) is 0.300. The van der Waals surface area contributed by atoms with Gasteiger partial charge >= 0.3 is 5.97 Å². The van der Waals surface area contributed by atoms with E-state index in [1.807, 2.05) is 25.1 Å². The van der Waals surface area contributed by atoms with E-state index in [-0.39, 0.29) is 17.8 Å². The summed E-state index contributed by atoms with van der Waals surface area (Å²) in [6.45, 7) is 2.37. The smallest absolute Gasteiger partial charge is 0.338 e. The molecule has 2 aromatic carbocycles. The maximum atomic E-state index is 12.3. The number of anilines is 1. The molecule has 1 saturated carbocycles. The van der Waals surface area contributed by atoms with Crippen LogP contribution in [0.3, 0.4) is 0 Å². The molecule has 1 fully saturated rings. The SMILES string of the molecule is CCCOC(=O)c1ccc(NC(=O)C2CC2c2ccccc2)cc1. The number of nitrogens with one attached hydrogen (secondary N) is 1. The van der Waals surface area contributed by atoms with Gasteiger partial charge in [0.25, 0.3) is 0 Å². The summed E-state index contributed by atoms with van der Waals surface area (Å²) in [6.07, 6.45) is 1.68. The molecule has 1 aliphatic carbocycles. The molecule has 0 aliphatic heterocycles. The first-order chi connectivity index (χ1) is 11.7. The van der Waals surface area contributed by atoms with Crippen LogP contribution in [0.2, 0.25) is 0 Å². The van der Waals surface area contributed by atoms with Gasteiger partial charge in [0.05, 0.1) is 12.2 Å². The number of hydrogen-bond acceptors (Lipinski definition) is 3. The molecule has 4 nitrogen and oxygen atoms in total. The van der Waals surface area contributed by atoms with Gasteiger partial charge in [0.1, 0.15) is 0 Å². The molecule has 4 heteroatoms. The topological polar surface area (TPSA) is 55.4 Å². The van der Waals surface area contributed by atoms with Gasteiger partial charge in [0.15, 0.2) is 0 Å². The minimum Gasteiger partial charge on any atom is -0.462 e. The first kappa shape index (κ1) is 16.2. The van der Waals surface area contributed by atoms with Crippen LogP contribution in [0.15, 0.2) is 54.6 Å². The van der Waals surface area contributed by atoms with Gasteiger partial charge in [0, 0.05) is 11.6 Å². The third-order valence-electron chi connectivity index (χ3n) is 4.18. The molecule has 0 bridgehead atoms. The van der Waals surface area contributed by atoms with Crippen LogP contribution in [-0.4, -0.2) is 18.5 Å². The van der Waals surface area contributed by atoms with Crippen molar-refractivity contribution in [3.63, 3.8) is 0 Å². The molecule has 2 aromatic rings. The second-order valence-electron chi connectivity index (χ2n) is 6.06. The van der Waals surface area contributed by atoms with E-state index in [2.05, 4.69) is 17.4 Å². The minimum absolute atomic E-state index is 0.0293. The lowest BCUT2D eigenvalue weighted by atomic mass is 10.1. The van der Waals surface area contributed by atoms with E-state index in [9.17, 15) is 9.59 Å². The van der Waals surface area contributed by atoms with Crippen molar-refractivity contribution in [1.29, 1.82) is 0 Å². The summed E-state index contributed by atoms with van der Waals surface area (Å²) in [7, 11) is 0. The van der Waals surface area contributed by atoms with E-state index >= 15 is 0 Å². The van der Waals surface area contributed by atoms with Crippen LogP contribution in [0, 0.1) is 5.92 Å². The zero-order valence-electron chi connectivity index (χ0n) is 13.7. The van der Waals surface area contributed by atoms with E-state index in [0.717, 1.165) is 12.8 Å². The van der Waals surface area contributed by atoms with Gasteiger partial charge in [0.2, 0.25) is 5.91 Å². The first-order valence-corrected chi connectivity index (χ1v) is 8.32. The second-order valence-corrected chi connectivity index (χ2v) is 6.06. The molecule has 2 unspecified atom stereocenters. The molecular formula is C20H21NO3. The normalized spacial score (nSPS) is 18.7. The molecule has 2 atom stereocenters. The summed E-state index contributed by atoms with van der Waals surface area (Å²) >= 11 is 0. The van der Waals surface area contributed by atoms with Crippen LogP contribution < -0.4 is 5.32 Å². The molecule has 1 N–H and O–H groups in total. The molecular weight excluding hydrogens is 302 g/mol. The molecule has 3 rings (SSSR count). The summed E-state index contributed by atoms with van der Waals surface area (Å²) < 4.78 is 5.08. The standard InChI is InChI=1S/C20H21NO3/c1-2-12-24-20(23)15-8-10-16(11-9-15)21-19(22)18-13-17(18)14-6-4-3-5-7-14/h3-11,17-18H,2,12-13H2,1H3,(H,21,22). The van der Waals surface area contributed by atoms with Crippen molar-refractivity contribution in [1.82, 2.24) is 0 Å². The molecule has 1 aliphatic rings.